The van der Waals surface area contributed by atoms with E-state index in [0.29, 0.717) is 22.9 Å². The first-order valence-electron chi connectivity index (χ1n) is 8.90. The summed E-state index contributed by atoms with van der Waals surface area (Å²) in [4.78, 5) is 20.5. The molecule has 2 N–H and O–H groups in total. The summed E-state index contributed by atoms with van der Waals surface area (Å²) in [5, 5.41) is 10.1. The highest BCUT2D eigenvalue weighted by Gasteiger charge is 2.08. The van der Waals surface area contributed by atoms with Crippen LogP contribution in [0.4, 0.5) is 21.6 Å². The highest BCUT2D eigenvalue weighted by Crippen LogP contribution is 2.19. The SMILES string of the molecule is O=C(Cc1ccccc1F)Nc1ccc(Nc2cc(-n3cccn3)ncn2)cc1. The average molecular weight is 388 g/mol. The summed E-state index contributed by atoms with van der Waals surface area (Å²) in [6.07, 6.45) is 4.90. The molecule has 1 amide bonds. The predicted octanol–water partition coefficient (Wildman–Crippen LogP) is 3.73. The first-order chi connectivity index (χ1) is 14.2. The number of anilines is 3. The summed E-state index contributed by atoms with van der Waals surface area (Å²) in [5.74, 6) is 0.586. The van der Waals surface area contributed by atoms with Gasteiger partial charge in [-0.2, -0.15) is 5.10 Å². The Bertz CT molecular complexity index is 1110. The molecule has 0 radical (unpaired) electrons. The molecule has 4 aromatic rings. The number of amides is 1. The molecule has 0 saturated heterocycles. The molecule has 8 heteroatoms. The molecule has 2 aromatic heterocycles. The van der Waals surface area contributed by atoms with Gasteiger partial charge in [-0.15, -0.1) is 0 Å². The third kappa shape index (κ3) is 4.62. The van der Waals surface area contributed by atoms with E-state index in [1.54, 1.807) is 53.5 Å². The van der Waals surface area contributed by atoms with Gasteiger partial charge in [0.05, 0.1) is 6.42 Å². The first-order valence-corrected chi connectivity index (χ1v) is 8.90. The molecule has 0 aliphatic carbocycles. The van der Waals surface area contributed by atoms with Crippen molar-refractivity contribution in [3.63, 3.8) is 0 Å². The lowest BCUT2D eigenvalue weighted by atomic mass is 10.1. The predicted molar refractivity (Wildman–Crippen MR) is 108 cm³/mol. The Morgan fingerprint density at radius 3 is 2.55 bits per heavy atom. The zero-order valence-electron chi connectivity index (χ0n) is 15.3. The third-order valence-electron chi connectivity index (χ3n) is 4.14. The van der Waals surface area contributed by atoms with Crippen molar-refractivity contribution in [2.75, 3.05) is 10.6 Å². The molecule has 144 valence electrons. The van der Waals surface area contributed by atoms with Gasteiger partial charge in [0.25, 0.3) is 0 Å². The normalized spacial score (nSPS) is 10.5. The van der Waals surface area contributed by atoms with Crippen LogP contribution in [0, 0.1) is 5.82 Å². The monoisotopic (exact) mass is 388 g/mol. The van der Waals surface area contributed by atoms with Crippen LogP contribution in [0.1, 0.15) is 5.56 Å². The van der Waals surface area contributed by atoms with Crippen LogP contribution in [0.2, 0.25) is 0 Å². The van der Waals surface area contributed by atoms with Crippen LogP contribution in [0.3, 0.4) is 0 Å². The van der Waals surface area contributed by atoms with Crippen molar-refractivity contribution in [2.45, 2.75) is 6.42 Å². The largest absolute Gasteiger partial charge is 0.340 e. The third-order valence-corrected chi connectivity index (χ3v) is 4.14. The Morgan fingerprint density at radius 2 is 1.79 bits per heavy atom. The van der Waals surface area contributed by atoms with Gasteiger partial charge in [0.2, 0.25) is 5.91 Å². The van der Waals surface area contributed by atoms with Crippen LogP contribution >= 0.6 is 0 Å². The summed E-state index contributed by atoms with van der Waals surface area (Å²) < 4.78 is 15.3. The molecule has 0 unspecified atom stereocenters. The molecule has 29 heavy (non-hydrogen) atoms. The number of benzene rings is 2. The maximum Gasteiger partial charge on any atom is 0.228 e. The molecule has 2 heterocycles. The fraction of sp³-hybridized carbons (Fsp3) is 0.0476. The number of carbonyl (C=O) groups is 1. The molecule has 0 fully saturated rings. The van der Waals surface area contributed by atoms with Crippen LogP contribution in [-0.2, 0) is 11.2 Å². The number of carbonyl (C=O) groups excluding carboxylic acids is 1. The Kier molecular flexibility index (Phi) is 5.24. The minimum Gasteiger partial charge on any atom is -0.340 e. The Labute approximate surface area is 166 Å². The van der Waals surface area contributed by atoms with Crippen LogP contribution in [0.5, 0.6) is 0 Å². The minimum atomic E-state index is -0.387. The van der Waals surface area contributed by atoms with Crippen molar-refractivity contribution in [3.05, 3.63) is 90.8 Å². The highest BCUT2D eigenvalue weighted by atomic mass is 19.1. The second-order valence-corrected chi connectivity index (χ2v) is 6.23. The fourth-order valence-corrected chi connectivity index (χ4v) is 2.75. The summed E-state index contributed by atoms with van der Waals surface area (Å²) in [6.45, 7) is 0. The molecular formula is C21H17FN6O. The standard InChI is InChI=1S/C21H17FN6O/c22-18-5-2-1-4-15(18)12-21(29)27-17-8-6-16(7-9-17)26-19-13-20(24-14-23-19)28-11-3-10-25-28/h1-11,13-14H,12H2,(H,27,29)(H,23,24,26). The molecule has 0 aliphatic rings. The smallest absolute Gasteiger partial charge is 0.228 e. The number of hydrogen-bond donors (Lipinski definition) is 2. The van der Waals surface area contributed by atoms with Gasteiger partial charge in [-0.3, -0.25) is 4.79 Å². The molecule has 0 spiro atoms. The van der Waals surface area contributed by atoms with Gasteiger partial charge in [-0.25, -0.2) is 19.0 Å². The quantitative estimate of drug-likeness (QED) is 0.526. The number of nitrogens with zero attached hydrogens (tertiary/aromatic N) is 4. The molecular weight excluding hydrogens is 371 g/mol. The van der Waals surface area contributed by atoms with E-state index in [2.05, 4.69) is 25.7 Å². The second kappa shape index (κ2) is 8.30. The first kappa shape index (κ1) is 18.3. The van der Waals surface area contributed by atoms with E-state index < -0.39 is 0 Å². The van der Waals surface area contributed by atoms with Crippen molar-refractivity contribution >= 4 is 23.1 Å². The summed E-state index contributed by atoms with van der Waals surface area (Å²) >= 11 is 0. The lowest BCUT2D eigenvalue weighted by Crippen LogP contribution is -2.15. The Balaban J connectivity index is 1.39. The van der Waals surface area contributed by atoms with Gasteiger partial charge < -0.3 is 10.6 Å². The van der Waals surface area contributed by atoms with E-state index in [1.165, 1.54) is 12.4 Å². The molecule has 0 saturated carbocycles. The summed E-state index contributed by atoms with van der Waals surface area (Å²) in [6, 6.07) is 17.0. The van der Waals surface area contributed by atoms with E-state index in [0.717, 1.165) is 5.69 Å². The highest BCUT2D eigenvalue weighted by molar-refractivity contribution is 5.92. The topological polar surface area (TPSA) is 84.7 Å². The number of halogens is 1. The van der Waals surface area contributed by atoms with Gasteiger partial charge >= 0.3 is 0 Å². The van der Waals surface area contributed by atoms with Gasteiger partial charge in [0, 0.05) is 29.8 Å². The van der Waals surface area contributed by atoms with Gasteiger partial charge in [0.1, 0.15) is 18.0 Å². The van der Waals surface area contributed by atoms with Crippen LogP contribution in [0.25, 0.3) is 5.82 Å². The number of rotatable bonds is 6. The molecule has 0 aliphatic heterocycles. The number of hydrogen-bond acceptors (Lipinski definition) is 5. The van der Waals surface area contributed by atoms with Crippen molar-refractivity contribution in [1.82, 2.24) is 19.7 Å². The van der Waals surface area contributed by atoms with E-state index in [4.69, 9.17) is 0 Å². The lowest BCUT2D eigenvalue weighted by molar-refractivity contribution is -0.115. The van der Waals surface area contributed by atoms with E-state index in [9.17, 15) is 9.18 Å². The van der Waals surface area contributed by atoms with Crippen LogP contribution < -0.4 is 10.6 Å². The zero-order valence-corrected chi connectivity index (χ0v) is 15.3. The molecule has 0 atom stereocenters. The maximum atomic E-state index is 13.7. The van der Waals surface area contributed by atoms with Crippen molar-refractivity contribution < 1.29 is 9.18 Å². The van der Waals surface area contributed by atoms with Gasteiger partial charge in [-0.1, -0.05) is 18.2 Å². The number of nitrogens with one attached hydrogen (secondary N) is 2. The summed E-state index contributed by atoms with van der Waals surface area (Å²) in [7, 11) is 0. The number of aromatic nitrogens is 4. The zero-order chi connectivity index (χ0) is 20.1. The molecule has 2 aromatic carbocycles. The Morgan fingerprint density at radius 1 is 1.00 bits per heavy atom. The molecule has 4 rings (SSSR count). The lowest BCUT2D eigenvalue weighted by Gasteiger charge is -2.09. The molecule has 7 nitrogen and oxygen atoms in total. The Hall–Kier alpha value is -4.07. The minimum absolute atomic E-state index is 0.0240. The van der Waals surface area contributed by atoms with Crippen LogP contribution in [0.15, 0.2) is 79.4 Å². The van der Waals surface area contributed by atoms with E-state index in [-0.39, 0.29) is 18.1 Å². The van der Waals surface area contributed by atoms with E-state index in [1.807, 2.05) is 18.2 Å². The van der Waals surface area contributed by atoms with Crippen molar-refractivity contribution in [1.29, 1.82) is 0 Å². The van der Waals surface area contributed by atoms with Crippen LogP contribution in [-0.4, -0.2) is 25.7 Å². The summed E-state index contributed by atoms with van der Waals surface area (Å²) in [5.41, 5.74) is 1.78. The second-order valence-electron chi connectivity index (χ2n) is 6.23. The van der Waals surface area contributed by atoms with E-state index >= 15 is 0 Å². The van der Waals surface area contributed by atoms with Gasteiger partial charge in [0.15, 0.2) is 5.82 Å². The average Bonchev–Trinajstić information content (AvgIpc) is 3.26. The van der Waals surface area contributed by atoms with Gasteiger partial charge in [-0.05, 0) is 42.0 Å². The van der Waals surface area contributed by atoms with Crippen molar-refractivity contribution in [2.24, 2.45) is 0 Å². The fourth-order valence-electron chi connectivity index (χ4n) is 2.75. The molecule has 0 bridgehead atoms. The van der Waals surface area contributed by atoms with Crippen molar-refractivity contribution in [3.8, 4) is 5.82 Å². The maximum absolute atomic E-state index is 13.7.